The zero-order valence-electron chi connectivity index (χ0n) is 10.4. The number of aromatic nitrogens is 1. The molecular formula is C12H15BrClN3O. The fourth-order valence-corrected chi connectivity index (χ4v) is 2.61. The molecule has 98 valence electrons. The Balaban J connectivity index is 2.15. The van der Waals surface area contributed by atoms with Crippen molar-refractivity contribution in [2.45, 2.75) is 12.5 Å². The van der Waals surface area contributed by atoms with E-state index in [1.165, 1.54) is 0 Å². The highest BCUT2D eigenvalue weighted by molar-refractivity contribution is 9.10. The number of likely N-dealkylation sites (N-methyl/N-ethyl adjacent to an activating group) is 1. The molecule has 0 radical (unpaired) electrons. The molecule has 0 spiro atoms. The summed E-state index contributed by atoms with van der Waals surface area (Å²) in [6.45, 7) is 1.51. The summed E-state index contributed by atoms with van der Waals surface area (Å²) in [5.74, 6) is -0.0434. The van der Waals surface area contributed by atoms with Crippen LogP contribution in [0.25, 0.3) is 0 Å². The maximum Gasteiger partial charge on any atom is 0.257 e. The molecule has 0 aliphatic carbocycles. The van der Waals surface area contributed by atoms with E-state index < -0.39 is 0 Å². The highest BCUT2D eigenvalue weighted by Gasteiger charge is 2.29. The van der Waals surface area contributed by atoms with Crippen molar-refractivity contribution in [3.05, 3.63) is 27.5 Å². The SMILES string of the molecule is CN(C)C1CCN(C(=O)c2cc(Br)cnc2Cl)C1. The van der Waals surface area contributed by atoms with E-state index in [4.69, 9.17) is 11.6 Å². The van der Waals surface area contributed by atoms with E-state index in [0.29, 0.717) is 11.6 Å². The summed E-state index contributed by atoms with van der Waals surface area (Å²) in [5, 5.41) is 0.261. The van der Waals surface area contributed by atoms with Crippen LogP contribution in [-0.4, -0.2) is 53.9 Å². The van der Waals surface area contributed by atoms with Gasteiger partial charge in [-0.25, -0.2) is 4.98 Å². The molecule has 0 aromatic carbocycles. The van der Waals surface area contributed by atoms with Crippen LogP contribution in [-0.2, 0) is 0 Å². The molecule has 1 aliphatic rings. The number of hydrogen-bond acceptors (Lipinski definition) is 3. The van der Waals surface area contributed by atoms with Crippen molar-refractivity contribution >= 4 is 33.4 Å². The van der Waals surface area contributed by atoms with Gasteiger partial charge in [0, 0.05) is 29.8 Å². The van der Waals surface area contributed by atoms with Crippen molar-refractivity contribution in [3.8, 4) is 0 Å². The van der Waals surface area contributed by atoms with Gasteiger partial charge in [0.2, 0.25) is 0 Å². The maximum absolute atomic E-state index is 12.4. The van der Waals surface area contributed by atoms with Crippen LogP contribution in [0.3, 0.4) is 0 Å². The number of carbonyl (C=O) groups excluding carboxylic acids is 1. The Morgan fingerprint density at radius 2 is 2.33 bits per heavy atom. The molecule has 1 atom stereocenters. The molecule has 1 unspecified atom stereocenters. The molecule has 18 heavy (non-hydrogen) atoms. The molecule has 0 saturated carbocycles. The third-order valence-electron chi connectivity index (χ3n) is 3.22. The second-order valence-corrected chi connectivity index (χ2v) is 5.92. The first kappa shape index (κ1) is 13.8. The largest absolute Gasteiger partial charge is 0.337 e. The number of nitrogens with zero attached hydrogens (tertiary/aromatic N) is 3. The number of amides is 1. The molecule has 2 rings (SSSR count). The first-order valence-corrected chi connectivity index (χ1v) is 6.93. The minimum Gasteiger partial charge on any atom is -0.337 e. The van der Waals surface area contributed by atoms with Crippen molar-refractivity contribution in [1.82, 2.24) is 14.8 Å². The summed E-state index contributed by atoms with van der Waals surface area (Å²) < 4.78 is 0.763. The fraction of sp³-hybridized carbons (Fsp3) is 0.500. The Kier molecular flexibility index (Phi) is 4.25. The summed E-state index contributed by atoms with van der Waals surface area (Å²) in [6, 6.07) is 2.15. The monoisotopic (exact) mass is 331 g/mol. The summed E-state index contributed by atoms with van der Waals surface area (Å²) in [6.07, 6.45) is 2.59. The third kappa shape index (κ3) is 2.84. The molecule has 1 aliphatic heterocycles. The predicted octanol–water partition coefficient (Wildman–Crippen LogP) is 2.27. The highest BCUT2D eigenvalue weighted by atomic mass is 79.9. The molecule has 1 saturated heterocycles. The molecule has 0 N–H and O–H groups in total. The van der Waals surface area contributed by atoms with Crippen molar-refractivity contribution in [2.24, 2.45) is 0 Å². The standard InChI is InChI=1S/C12H15BrClN3O/c1-16(2)9-3-4-17(7-9)12(18)10-5-8(13)6-15-11(10)14/h5-6,9H,3-4,7H2,1-2H3. The van der Waals surface area contributed by atoms with E-state index in [2.05, 4.69) is 25.8 Å². The summed E-state index contributed by atoms with van der Waals surface area (Å²) in [5.41, 5.74) is 0.463. The van der Waals surface area contributed by atoms with E-state index in [-0.39, 0.29) is 11.1 Å². The molecule has 6 heteroatoms. The molecule has 4 nitrogen and oxygen atoms in total. The van der Waals surface area contributed by atoms with E-state index >= 15 is 0 Å². The van der Waals surface area contributed by atoms with Crippen LogP contribution in [0, 0.1) is 0 Å². The summed E-state index contributed by atoms with van der Waals surface area (Å²) in [4.78, 5) is 20.3. The minimum absolute atomic E-state index is 0.0434. The predicted molar refractivity (Wildman–Crippen MR) is 74.9 cm³/mol. The number of hydrogen-bond donors (Lipinski definition) is 0. The van der Waals surface area contributed by atoms with Gasteiger partial charge >= 0.3 is 0 Å². The average Bonchev–Trinajstić information content (AvgIpc) is 2.81. The molecular weight excluding hydrogens is 318 g/mol. The van der Waals surface area contributed by atoms with Gasteiger partial charge in [0.1, 0.15) is 5.15 Å². The molecule has 1 amide bonds. The Morgan fingerprint density at radius 1 is 1.61 bits per heavy atom. The zero-order valence-corrected chi connectivity index (χ0v) is 12.7. The van der Waals surface area contributed by atoms with Crippen molar-refractivity contribution < 1.29 is 4.79 Å². The maximum atomic E-state index is 12.4. The van der Waals surface area contributed by atoms with Gasteiger partial charge in [0.25, 0.3) is 5.91 Å². The van der Waals surface area contributed by atoms with E-state index in [1.54, 1.807) is 12.3 Å². The first-order valence-electron chi connectivity index (χ1n) is 5.76. The molecule has 0 bridgehead atoms. The van der Waals surface area contributed by atoms with Gasteiger partial charge in [0.05, 0.1) is 5.56 Å². The minimum atomic E-state index is -0.0434. The van der Waals surface area contributed by atoms with Gasteiger partial charge in [0.15, 0.2) is 0 Å². The zero-order chi connectivity index (χ0) is 13.3. The van der Waals surface area contributed by atoms with Crippen molar-refractivity contribution in [2.75, 3.05) is 27.2 Å². The average molecular weight is 333 g/mol. The number of rotatable bonds is 2. The molecule has 2 heterocycles. The van der Waals surface area contributed by atoms with Gasteiger partial charge < -0.3 is 9.80 Å². The Morgan fingerprint density at radius 3 is 2.94 bits per heavy atom. The summed E-state index contributed by atoms with van der Waals surface area (Å²) >= 11 is 9.29. The second kappa shape index (κ2) is 5.55. The Labute approximate surface area is 120 Å². The highest BCUT2D eigenvalue weighted by Crippen LogP contribution is 2.22. The molecule has 1 fully saturated rings. The van der Waals surface area contributed by atoms with Crippen LogP contribution in [0.4, 0.5) is 0 Å². The first-order chi connectivity index (χ1) is 8.49. The Hall–Kier alpha value is -0.650. The number of pyridine rings is 1. The van der Waals surface area contributed by atoms with Gasteiger partial charge in [-0.15, -0.1) is 0 Å². The van der Waals surface area contributed by atoms with Gasteiger partial charge in [-0.3, -0.25) is 4.79 Å². The lowest BCUT2D eigenvalue weighted by Crippen LogP contribution is -2.34. The number of carbonyl (C=O) groups is 1. The van der Waals surface area contributed by atoms with E-state index in [1.807, 2.05) is 19.0 Å². The number of halogens is 2. The lowest BCUT2D eigenvalue weighted by Gasteiger charge is -2.20. The van der Waals surface area contributed by atoms with Crippen molar-refractivity contribution in [3.63, 3.8) is 0 Å². The second-order valence-electron chi connectivity index (χ2n) is 4.65. The normalized spacial score (nSPS) is 19.6. The summed E-state index contributed by atoms with van der Waals surface area (Å²) in [7, 11) is 4.07. The van der Waals surface area contributed by atoms with Gasteiger partial charge in [-0.2, -0.15) is 0 Å². The topological polar surface area (TPSA) is 36.4 Å². The Bertz CT molecular complexity index is 467. The van der Waals surface area contributed by atoms with Crippen LogP contribution in [0.1, 0.15) is 16.8 Å². The lowest BCUT2D eigenvalue weighted by atomic mass is 10.2. The van der Waals surface area contributed by atoms with Crippen LogP contribution in [0.15, 0.2) is 16.7 Å². The fourth-order valence-electron chi connectivity index (χ4n) is 2.09. The molecule has 1 aromatic rings. The van der Waals surface area contributed by atoms with Gasteiger partial charge in [-0.1, -0.05) is 11.6 Å². The van der Waals surface area contributed by atoms with Crippen LogP contribution in [0.5, 0.6) is 0 Å². The smallest absolute Gasteiger partial charge is 0.257 e. The number of likely N-dealkylation sites (tertiary alicyclic amines) is 1. The van der Waals surface area contributed by atoms with Gasteiger partial charge in [-0.05, 0) is 42.5 Å². The van der Waals surface area contributed by atoms with E-state index in [0.717, 1.165) is 24.0 Å². The van der Waals surface area contributed by atoms with Crippen LogP contribution < -0.4 is 0 Å². The van der Waals surface area contributed by atoms with Crippen LogP contribution >= 0.6 is 27.5 Å². The van der Waals surface area contributed by atoms with Crippen LogP contribution in [0.2, 0.25) is 5.15 Å². The quantitative estimate of drug-likeness (QED) is 0.780. The van der Waals surface area contributed by atoms with Crippen molar-refractivity contribution in [1.29, 1.82) is 0 Å². The molecule has 1 aromatic heterocycles. The van der Waals surface area contributed by atoms with E-state index in [9.17, 15) is 4.79 Å². The lowest BCUT2D eigenvalue weighted by molar-refractivity contribution is 0.0783. The third-order valence-corrected chi connectivity index (χ3v) is 3.95.